The smallest absolute Gasteiger partial charge is 0.174 e. The molecule has 2 aliphatic rings. The molecule has 0 saturated heterocycles. The predicted octanol–water partition coefficient (Wildman–Crippen LogP) is 5.43. The Morgan fingerprint density at radius 3 is 2.84 bits per heavy atom. The number of Topliss-reactive ketones (excluding diaryl/α,β-unsaturated/α-hetero) is 2. The predicted molar refractivity (Wildman–Crippen MR) is 122 cm³/mol. The molecule has 0 radical (unpaired) electrons. The normalized spacial score (nSPS) is 18.4. The highest BCUT2D eigenvalue weighted by Gasteiger charge is 2.37. The third-order valence-electron chi connectivity index (χ3n) is 5.26. The molecular formula is C23H17Cl2N3O2S. The monoisotopic (exact) mass is 469 g/mol. The molecule has 1 aliphatic carbocycles. The number of carbonyl (C=O) groups is 2. The van der Waals surface area contributed by atoms with Crippen LogP contribution in [0.25, 0.3) is 0 Å². The van der Waals surface area contributed by atoms with Crippen LogP contribution < -0.4 is 5.32 Å². The molecule has 8 heteroatoms. The number of rotatable bonds is 5. The molecule has 2 heterocycles. The van der Waals surface area contributed by atoms with Crippen molar-refractivity contribution in [1.29, 1.82) is 5.26 Å². The van der Waals surface area contributed by atoms with Crippen LogP contribution in [0.15, 0.2) is 64.6 Å². The fraction of sp³-hybridized carbons (Fsp3) is 0.217. The molecule has 0 saturated carbocycles. The van der Waals surface area contributed by atoms with Gasteiger partial charge < -0.3 is 5.32 Å². The van der Waals surface area contributed by atoms with Crippen LogP contribution in [-0.4, -0.2) is 22.3 Å². The number of nitrogens with one attached hydrogen (secondary N) is 1. The lowest BCUT2D eigenvalue weighted by Crippen LogP contribution is -2.31. The highest BCUT2D eigenvalue weighted by Crippen LogP contribution is 2.43. The van der Waals surface area contributed by atoms with Crippen LogP contribution >= 0.6 is 35.0 Å². The zero-order chi connectivity index (χ0) is 22.0. The third-order valence-corrected chi connectivity index (χ3v) is 6.82. The summed E-state index contributed by atoms with van der Waals surface area (Å²) in [7, 11) is 0. The standard InChI is InChI=1S/C23H17Cl2N3O2S/c24-14-6-7-15(17(25)9-14)20(30)12-31-23-16(10-26)21(13-3-2-8-27-11-13)22-18(28-23)4-1-5-19(22)29/h2-3,6-9,11,21,28H,1,4-5,12H2/t21-/m1/s1. The van der Waals surface area contributed by atoms with Crippen molar-refractivity contribution in [3.8, 4) is 6.07 Å². The molecule has 1 aromatic carbocycles. The third kappa shape index (κ3) is 4.40. The van der Waals surface area contributed by atoms with E-state index < -0.39 is 5.92 Å². The van der Waals surface area contributed by atoms with Gasteiger partial charge in [0.1, 0.15) is 0 Å². The van der Waals surface area contributed by atoms with Gasteiger partial charge in [-0.3, -0.25) is 14.6 Å². The van der Waals surface area contributed by atoms with Crippen molar-refractivity contribution in [2.75, 3.05) is 5.75 Å². The molecule has 4 rings (SSSR count). The van der Waals surface area contributed by atoms with Crippen molar-refractivity contribution in [3.05, 3.63) is 85.8 Å². The van der Waals surface area contributed by atoms with Crippen LogP contribution in [0.1, 0.15) is 41.1 Å². The molecule has 1 N–H and O–H groups in total. The van der Waals surface area contributed by atoms with Gasteiger partial charge in [0.25, 0.3) is 0 Å². The summed E-state index contributed by atoms with van der Waals surface area (Å²) in [5, 5.41) is 14.6. The van der Waals surface area contributed by atoms with Gasteiger partial charge in [0.05, 0.1) is 33.4 Å². The van der Waals surface area contributed by atoms with E-state index in [1.807, 2.05) is 6.07 Å². The fourth-order valence-electron chi connectivity index (χ4n) is 3.85. The zero-order valence-corrected chi connectivity index (χ0v) is 18.7. The number of benzene rings is 1. The Kier molecular flexibility index (Phi) is 6.47. The summed E-state index contributed by atoms with van der Waals surface area (Å²) in [4.78, 5) is 29.7. The molecule has 5 nitrogen and oxygen atoms in total. The molecule has 0 unspecified atom stereocenters. The van der Waals surface area contributed by atoms with E-state index >= 15 is 0 Å². The number of hydrogen-bond acceptors (Lipinski definition) is 6. The number of carbonyl (C=O) groups excluding carboxylic acids is 2. The first-order chi connectivity index (χ1) is 15.0. The lowest BCUT2D eigenvalue weighted by atomic mass is 9.77. The molecule has 0 fully saturated rings. The second-order valence-electron chi connectivity index (χ2n) is 7.20. The summed E-state index contributed by atoms with van der Waals surface area (Å²) in [5.74, 6) is -0.524. The number of hydrogen-bond donors (Lipinski definition) is 1. The summed E-state index contributed by atoms with van der Waals surface area (Å²) in [6.45, 7) is 0. The summed E-state index contributed by atoms with van der Waals surface area (Å²) < 4.78 is 0. The molecule has 0 spiro atoms. The highest BCUT2D eigenvalue weighted by atomic mass is 35.5. The van der Waals surface area contributed by atoms with Crippen molar-refractivity contribution >= 4 is 46.5 Å². The number of ketones is 2. The Hall–Kier alpha value is -2.59. The maximum atomic E-state index is 12.8. The van der Waals surface area contributed by atoms with E-state index in [0.717, 1.165) is 24.1 Å². The van der Waals surface area contributed by atoms with Crippen LogP contribution in [-0.2, 0) is 4.79 Å². The first kappa shape index (κ1) is 21.6. The van der Waals surface area contributed by atoms with Gasteiger partial charge in [-0.1, -0.05) is 41.0 Å². The fourth-order valence-corrected chi connectivity index (χ4v) is 5.31. The van der Waals surface area contributed by atoms with Crippen molar-refractivity contribution in [2.24, 2.45) is 0 Å². The minimum Gasteiger partial charge on any atom is -0.352 e. The summed E-state index contributed by atoms with van der Waals surface area (Å²) >= 11 is 13.3. The molecule has 1 aromatic heterocycles. The van der Waals surface area contributed by atoms with E-state index in [9.17, 15) is 14.9 Å². The number of halogens is 2. The van der Waals surface area contributed by atoms with Gasteiger partial charge in [0, 0.05) is 40.7 Å². The van der Waals surface area contributed by atoms with E-state index in [0.29, 0.717) is 38.2 Å². The van der Waals surface area contributed by atoms with Crippen molar-refractivity contribution < 1.29 is 9.59 Å². The van der Waals surface area contributed by atoms with Crippen molar-refractivity contribution in [2.45, 2.75) is 25.2 Å². The van der Waals surface area contributed by atoms with Crippen LogP contribution in [0, 0.1) is 11.3 Å². The van der Waals surface area contributed by atoms with E-state index in [4.69, 9.17) is 23.2 Å². The number of pyridine rings is 1. The van der Waals surface area contributed by atoms with Gasteiger partial charge in [0.15, 0.2) is 11.6 Å². The minimum atomic E-state index is -0.487. The Balaban J connectivity index is 1.67. The zero-order valence-electron chi connectivity index (χ0n) is 16.3. The number of allylic oxidation sites excluding steroid dienone is 3. The average molecular weight is 470 g/mol. The summed E-state index contributed by atoms with van der Waals surface area (Å²) in [6, 6.07) is 10.7. The topological polar surface area (TPSA) is 82.9 Å². The number of dihydropyridines is 1. The van der Waals surface area contributed by atoms with Crippen LogP contribution in [0.5, 0.6) is 0 Å². The van der Waals surface area contributed by atoms with Gasteiger partial charge in [0.2, 0.25) is 0 Å². The maximum absolute atomic E-state index is 12.8. The Bertz CT molecular complexity index is 1170. The summed E-state index contributed by atoms with van der Waals surface area (Å²) in [5.41, 5.74) is 3.04. The maximum Gasteiger partial charge on any atom is 0.174 e. The number of nitriles is 1. The number of aromatic nitrogens is 1. The Morgan fingerprint density at radius 1 is 1.29 bits per heavy atom. The largest absolute Gasteiger partial charge is 0.352 e. The van der Waals surface area contributed by atoms with Gasteiger partial charge in [-0.05, 0) is 42.7 Å². The van der Waals surface area contributed by atoms with E-state index in [-0.39, 0.29) is 17.3 Å². The molecule has 1 atom stereocenters. The van der Waals surface area contributed by atoms with E-state index in [1.54, 1.807) is 30.6 Å². The molecule has 1 aliphatic heterocycles. The Labute approximate surface area is 194 Å². The highest BCUT2D eigenvalue weighted by molar-refractivity contribution is 8.03. The Morgan fingerprint density at radius 2 is 2.13 bits per heavy atom. The second-order valence-corrected chi connectivity index (χ2v) is 9.03. The quantitative estimate of drug-likeness (QED) is 0.587. The SMILES string of the molecule is N#CC1=C(SCC(=O)c2ccc(Cl)cc2Cl)NC2=C(C(=O)CCC2)[C@@H]1c1cccnc1. The van der Waals surface area contributed by atoms with Crippen LogP contribution in [0.2, 0.25) is 10.0 Å². The molecular weight excluding hydrogens is 453 g/mol. The van der Waals surface area contributed by atoms with Crippen LogP contribution in [0.3, 0.4) is 0 Å². The van der Waals surface area contributed by atoms with Gasteiger partial charge in [-0.2, -0.15) is 5.26 Å². The van der Waals surface area contributed by atoms with Gasteiger partial charge >= 0.3 is 0 Å². The first-order valence-corrected chi connectivity index (χ1v) is 11.4. The van der Waals surface area contributed by atoms with Crippen molar-refractivity contribution in [1.82, 2.24) is 10.3 Å². The second kappa shape index (κ2) is 9.27. The van der Waals surface area contributed by atoms with E-state index in [1.165, 1.54) is 17.8 Å². The molecule has 156 valence electrons. The van der Waals surface area contributed by atoms with Crippen molar-refractivity contribution in [3.63, 3.8) is 0 Å². The molecule has 0 bridgehead atoms. The molecule has 2 aromatic rings. The van der Waals surface area contributed by atoms with E-state index in [2.05, 4.69) is 16.4 Å². The summed E-state index contributed by atoms with van der Waals surface area (Å²) in [6.07, 6.45) is 5.27. The number of thioether (sulfide) groups is 1. The van der Waals surface area contributed by atoms with Gasteiger partial charge in [-0.25, -0.2) is 0 Å². The molecule has 31 heavy (non-hydrogen) atoms. The molecule has 0 amide bonds. The lowest BCUT2D eigenvalue weighted by Gasteiger charge is -2.33. The van der Waals surface area contributed by atoms with Crippen LogP contribution in [0.4, 0.5) is 0 Å². The lowest BCUT2D eigenvalue weighted by molar-refractivity contribution is -0.116. The number of nitrogens with zero attached hydrogens (tertiary/aromatic N) is 2. The first-order valence-electron chi connectivity index (χ1n) is 9.68. The average Bonchev–Trinajstić information content (AvgIpc) is 2.77. The minimum absolute atomic E-state index is 0.0448. The van der Waals surface area contributed by atoms with Gasteiger partial charge in [-0.15, -0.1) is 0 Å².